The molecule has 5 nitrogen and oxygen atoms in total. The van der Waals surface area contributed by atoms with Gasteiger partial charge in [-0.1, -0.05) is 23.2 Å². The zero-order chi connectivity index (χ0) is 14.9. The Morgan fingerprint density at radius 3 is 2.75 bits per heavy atom. The van der Waals surface area contributed by atoms with Crippen molar-refractivity contribution in [3.8, 4) is 0 Å². The molecule has 7 heteroatoms. The van der Waals surface area contributed by atoms with E-state index in [2.05, 4.69) is 9.97 Å². The zero-order valence-electron chi connectivity index (χ0n) is 11.4. The average molecular weight is 313 g/mol. The third kappa shape index (κ3) is 2.94. The number of imidazole rings is 1. The SMILES string of the molecule is Cc1nc(Cl)c(Cl)cc1C(=O)N(C)Cc1nccn1C. The highest BCUT2D eigenvalue weighted by molar-refractivity contribution is 6.41. The molecule has 0 saturated heterocycles. The van der Waals surface area contributed by atoms with Gasteiger partial charge in [0.25, 0.3) is 5.91 Å². The number of rotatable bonds is 3. The van der Waals surface area contributed by atoms with Crippen molar-refractivity contribution in [2.45, 2.75) is 13.5 Å². The molecule has 0 saturated carbocycles. The molecule has 0 aliphatic carbocycles. The second-order valence-corrected chi connectivity index (χ2v) is 5.27. The lowest BCUT2D eigenvalue weighted by Gasteiger charge is -2.18. The fourth-order valence-electron chi connectivity index (χ4n) is 1.81. The van der Waals surface area contributed by atoms with Gasteiger partial charge in [0.1, 0.15) is 11.0 Å². The van der Waals surface area contributed by atoms with Gasteiger partial charge in [-0.2, -0.15) is 0 Å². The molecule has 0 radical (unpaired) electrons. The standard InChI is InChI=1S/C13H14Cl2N4O/c1-8-9(6-10(14)12(15)17-8)13(20)19(3)7-11-16-4-5-18(11)2/h4-6H,7H2,1-3H3. The van der Waals surface area contributed by atoms with Crippen LogP contribution in [0.5, 0.6) is 0 Å². The van der Waals surface area contributed by atoms with Gasteiger partial charge in [0, 0.05) is 26.5 Å². The van der Waals surface area contributed by atoms with Gasteiger partial charge in [-0.3, -0.25) is 4.79 Å². The fourth-order valence-corrected chi connectivity index (χ4v) is 2.14. The lowest BCUT2D eigenvalue weighted by molar-refractivity contribution is 0.0779. The molecule has 0 N–H and O–H groups in total. The Hall–Kier alpha value is -1.59. The molecule has 20 heavy (non-hydrogen) atoms. The number of halogens is 2. The Balaban J connectivity index is 2.23. The molecule has 0 atom stereocenters. The Labute approximate surface area is 127 Å². The van der Waals surface area contributed by atoms with Crippen LogP contribution in [0.15, 0.2) is 18.5 Å². The van der Waals surface area contributed by atoms with Crippen molar-refractivity contribution in [3.63, 3.8) is 0 Å². The molecule has 0 aliphatic rings. The Morgan fingerprint density at radius 1 is 1.45 bits per heavy atom. The smallest absolute Gasteiger partial charge is 0.255 e. The number of pyridine rings is 1. The molecule has 106 valence electrons. The third-order valence-corrected chi connectivity index (χ3v) is 3.67. The van der Waals surface area contributed by atoms with Gasteiger partial charge >= 0.3 is 0 Å². The quantitative estimate of drug-likeness (QED) is 0.819. The number of hydrogen-bond donors (Lipinski definition) is 0. The molecule has 0 unspecified atom stereocenters. The number of aromatic nitrogens is 3. The molecule has 2 aromatic rings. The molecular weight excluding hydrogens is 299 g/mol. The minimum atomic E-state index is -0.170. The van der Waals surface area contributed by atoms with Crippen molar-refractivity contribution in [1.29, 1.82) is 0 Å². The summed E-state index contributed by atoms with van der Waals surface area (Å²) in [5.74, 6) is 0.628. The van der Waals surface area contributed by atoms with E-state index < -0.39 is 0 Å². The van der Waals surface area contributed by atoms with E-state index in [1.54, 1.807) is 31.1 Å². The van der Waals surface area contributed by atoms with Gasteiger partial charge in [-0.05, 0) is 13.0 Å². The third-order valence-electron chi connectivity index (χ3n) is 3.00. The van der Waals surface area contributed by atoms with E-state index in [4.69, 9.17) is 23.2 Å². The van der Waals surface area contributed by atoms with E-state index >= 15 is 0 Å². The van der Waals surface area contributed by atoms with Crippen LogP contribution in [-0.4, -0.2) is 32.4 Å². The molecular formula is C13H14Cl2N4O. The van der Waals surface area contributed by atoms with Crippen molar-refractivity contribution in [2.75, 3.05) is 7.05 Å². The second kappa shape index (κ2) is 5.81. The van der Waals surface area contributed by atoms with E-state index in [1.165, 1.54) is 0 Å². The number of amides is 1. The van der Waals surface area contributed by atoms with Crippen molar-refractivity contribution in [1.82, 2.24) is 19.4 Å². The summed E-state index contributed by atoms with van der Waals surface area (Å²) in [6, 6.07) is 1.55. The summed E-state index contributed by atoms with van der Waals surface area (Å²) in [5, 5.41) is 0.471. The second-order valence-electron chi connectivity index (χ2n) is 4.51. The number of hydrogen-bond acceptors (Lipinski definition) is 3. The monoisotopic (exact) mass is 312 g/mol. The maximum Gasteiger partial charge on any atom is 0.255 e. The van der Waals surface area contributed by atoms with E-state index in [9.17, 15) is 4.79 Å². The Kier molecular flexibility index (Phi) is 4.30. The van der Waals surface area contributed by atoms with Crippen LogP contribution >= 0.6 is 23.2 Å². The van der Waals surface area contributed by atoms with Crippen LogP contribution in [0.1, 0.15) is 21.9 Å². The van der Waals surface area contributed by atoms with Crippen molar-refractivity contribution in [3.05, 3.63) is 45.7 Å². The first-order valence-corrected chi connectivity index (χ1v) is 6.70. The normalized spacial score (nSPS) is 10.7. The summed E-state index contributed by atoms with van der Waals surface area (Å²) in [6.45, 7) is 2.13. The number of carbonyl (C=O) groups excluding carboxylic acids is 1. The van der Waals surface area contributed by atoms with Gasteiger partial charge in [0.05, 0.1) is 22.8 Å². The molecule has 2 heterocycles. The molecule has 0 aliphatic heterocycles. The fraction of sp³-hybridized carbons (Fsp3) is 0.308. The number of nitrogens with zero attached hydrogens (tertiary/aromatic N) is 4. The topological polar surface area (TPSA) is 51.0 Å². The van der Waals surface area contributed by atoms with Crippen LogP contribution in [0, 0.1) is 6.92 Å². The van der Waals surface area contributed by atoms with E-state index in [1.807, 2.05) is 17.8 Å². The summed E-state index contributed by atoms with van der Waals surface area (Å²) in [4.78, 5) is 22.2. The van der Waals surface area contributed by atoms with Gasteiger partial charge in [0.15, 0.2) is 0 Å². The largest absolute Gasteiger partial charge is 0.337 e. The Morgan fingerprint density at radius 2 is 2.15 bits per heavy atom. The van der Waals surface area contributed by atoms with Gasteiger partial charge < -0.3 is 9.47 Å². The molecule has 0 spiro atoms. The number of carbonyl (C=O) groups is 1. The first kappa shape index (κ1) is 14.8. The first-order valence-electron chi connectivity index (χ1n) is 5.94. The lowest BCUT2D eigenvalue weighted by atomic mass is 10.2. The van der Waals surface area contributed by atoms with Crippen LogP contribution in [-0.2, 0) is 13.6 Å². The molecule has 2 rings (SSSR count). The van der Waals surface area contributed by atoms with Crippen molar-refractivity contribution < 1.29 is 4.79 Å². The van der Waals surface area contributed by atoms with Crippen molar-refractivity contribution >= 4 is 29.1 Å². The first-order chi connectivity index (χ1) is 9.40. The summed E-state index contributed by atoms with van der Waals surface area (Å²) in [7, 11) is 3.59. The molecule has 1 amide bonds. The highest BCUT2D eigenvalue weighted by Crippen LogP contribution is 2.23. The van der Waals surface area contributed by atoms with Crippen LogP contribution < -0.4 is 0 Å². The zero-order valence-corrected chi connectivity index (χ0v) is 12.9. The lowest BCUT2D eigenvalue weighted by Crippen LogP contribution is -2.28. The molecule has 0 bridgehead atoms. The summed E-state index contributed by atoms with van der Waals surface area (Å²) in [6.07, 6.45) is 3.53. The summed E-state index contributed by atoms with van der Waals surface area (Å²) < 4.78 is 1.86. The van der Waals surface area contributed by atoms with Crippen LogP contribution in [0.2, 0.25) is 10.2 Å². The summed E-state index contributed by atoms with van der Waals surface area (Å²) >= 11 is 11.7. The Bertz CT molecular complexity index is 654. The molecule has 0 fully saturated rings. The van der Waals surface area contributed by atoms with Crippen LogP contribution in [0.4, 0.5) is 0 Å². The maximum atomic E-state index is 12.4. The van der Waals surface area contributed by atoms with Crippen LogP contribution in [0.3, 0.4) is 0 Å². The minimum Gasteiger partial charge on any atom is -0.337 e. The highest BCUT2D eigenvalue weighted by Gasteiger charge is 2.18. The molecule has 2 aromatic heterocycles. The van der Waals surface area contributed by atoms with E-state index in [0.717, 1.165) is 5.82 Å². The highest BCUT2D eigenvalue weighted by atomic mass is 35.5. The van der Waals surface area contributed by atoms with E-state index in [0.29, 0.717) is 17.8 Å². The molecule has 0 aromatic carbocycles. The minimum absolute atomic E-state index is 0.170. The summed E-state index contributed by atoms with van der Waals surface area (Å²) in [5.41, 5.74) is 0.993. The van der Waals surface area contributed by atoms with Gasteiger partial charge in [0.2, 0.25) is 0 Å². The number of aryl methyl sites for hydroxylation is 2. The van der Waals surface area contributed by atoms with Crippen LogP contribution in [0.25, 0.3) is 0 Å². The maximum absolute atomic E-state index is 12.4. The van der Waals surface area contributed by atoms with Gasteiger partial charge in [-0.25, -0.2) is 9.97 Å². The predicted octanol–water partition coefficient (Wildman–Crippen LogP) is 2.70. The van der Waals surface area contributed by atoms with Crippen molar-refractivity contribution in [2.24, 2.45) is 7.05 Å². The average Bonchev–Trinajstić information content (AvgIpc) is 2.78. The van der Waals surface area contributed by atoms with Gasteiger partial charge in [-0.15, -0.1) is 0 Å². The van der Waals surface area contributed by atoms with E-state index in [-0.39, 0.29) is 16.1 Å². The predicted molar refractivity (Wildman–Crippen MR) is 78.0 cm³/mol.